The molecular weight excluding hydrogens is 351 g/mol. The van der Waals surface area contributed by atoms with Crippen LogP contribution in [0.3, 0.4) is 0 Å². The van der Waals surface area contributed by atoms with Crippen LogP contribution >= 0.6 is 0 Å². The quantitative estimate of drug-likeness (QED) is 0.746. The van der Waals surface area contributed by atoms with E-state index in [0.29, 0.717) is 11.4 Å². The standard InChI is InChI=1S/C19H21FN4O3/c1-5-11(2)21-18(25)15-9-24-10-16(23(3)19(26)17(24)22-15)13-7-6-12(27-4)8-14(13)20/h6-11H,5H2,1-4H3,(H,21,25). The van der Waals surface area contributed by atoms with Crippen molar-refractivity contribution < 1.29 is 13.9 Å². The number of benzene rings is 1. The summed E-state index contributed by atoms with van der Waals surface area (Å²) in [7, 11) is 2.99. The van der Waals surface area contributed by atoms with Crippen LogP contribution in [-0.2, 0) is 7.05 Å². The van der Waals surface area contributed by atoms with Crippen LogP contribution in [0, 0.1) is 5.82 Å². The molecule has 0 aliphatic rings. The monoisotopic (exact) mass is 372 g/mol. The number of rotatable bonds is 5. The zero-order chi connectivity index (χ0) is 19.7. The van der Waals surface area contributed by atoms with Crippen LogP contribution in [0.25, 0.3) is 16.9 Å². The highest BCUT2D eigenvalue weighted by Crippen LogP contribution is 2.25. The number of nitrogens with one attached hydrogen (secondary N) is 1. The summed E-state index contributed by atoms with van der Waals surface area (Å²) in [5.74, 6) is -0.486. The van der Waals surface area contributed by atoms with E-state index in [1.54, 1.807) is 18.3 Å². The lowest BCUT2D eigenvalue weighted by Crippen LogP contribution is -2.32. The van der Waals surface area contributed by atoms with Gasteiger partial charge in [0.05, 0.1) is 12.8 Å². The molecule has 0 aliphatic carbocycles. The molecule has 1 unspecified atom stereocenters. The molecule has 1 N–H and O–H groups in total. The number of amides is 1. The molecule has 1 amide bonds. The van der Waals surface area contributed by atoms with Gasteiger partial charge in [0.25, 0.3) is 11.5 Å². The number of fused-ring (bicyclic) bond motifs is 1. The van der Waals surface area contributed by atoms with E-state index in [1.807, 2.05) is 13.8 Å². The molecule has 2 aromatic heterocycles. The zero-order valence-electron chi connectivity index (χ0n) is 15.6. The SMILES string of the molecule is CCC(C)NC(=O)c1cn2cc(-c3ccc(OC)cc3F)n(C)c(=O)c2n1. The summed E-state index contributed by atoms with van der Waals surface area (Å²) in [6, 6.07) is 4.41. The molecule has 0 bridgehead atoms. The predicted molar refractivity (Wildman–Crippen MR) is 99.6 cm³/mol. The fraction of sp³-hybridized carbons (Fsp3) is 0.316. The predicted octanol–water partition coefficient (Wildman–Crippen LogP) is 2.38. The Morgan fingerprint density at radius 2 is 2.11 bits per heavy atom. The minimum atomic E-state index is -0.515. The highest BCUT2D eigenvalue weighted by atomic mass is 19.1. The van der Waals surface area contributed by atoms with Crippen LogP contribution in [0.4, 0.5) is 4.39 Å². The van der Waals surface area contributed by atoms with Gasteiger partial charge in [-0.15, -0.1) is 0 Å². The zero-order valence-corrected chi connectivity index (χ0v) is 15.6. The summed E-state index contributed by atoms with van der Waals surface area (Å²) in [6.45, 7) is 3.84. The van der Waals surface area contributed by atoms with Crippen molar-refractivity contribution in [3.05, 3.63) is 52.5 Å². The first kappa shape index (κ1) is 18.6. The van der Waals surface area contributed by atoms with Gasteiger partial charge in [-0.25, -0.2) is 9.37 Å². The fourth-order valence-corrected chi connectivity index (χ4v) is 2.72. The maximum absolute atomic E-state index is 14.5. The van der Waals surface area contributed by atoms with Crippen LogP contribution < -0.4 is 15.6 Å². The van der Waals surface area contributed by atoms with Crippen molar-refractivity contribution in [3.63, 3.8) is 0 Å². The van der Waals surface area contributed by atoms with Gasteiger partial charge >= 0.3 is 0 Å². The number of hydrogen-bond acceptors (Lipinski definition) is 4. The molecule has 0 spiro atoms. The summed E-state index contributed by atoms with van der Waals surface area (Å²) in [4.78, 5) is 29.1. The van der Waals surface area contributed by atoms with Gasteiger partial charge in [-0.3, -0.25) is 14.0 Å². The molecule has 1 aromatic carbocycles. The van der Waals surface area contributed by atoms with Gasteiger partial charge in [0.2, 0.25) is 5.65 Å². The largest absolute Gasteiger partial charge is 0.497 e. The number of methoxy groups -OCH3 is 1. The number of halogens is 1. The fourth-order valence-electron chi connectivity index (χ4n) is 2.72. The van der Waals surface area contributed by atoms with Crippen molar-refractivity contribution in [1.29, 1.82) is 0 Å². The van der Waals surface area contributed by atoms with E-state index in [4.69, 9.17) is 4.74 Å². The second-order valence-corrected chi connectivity index (χ2v) is 6.36. The molecule has 142 valence electrons. The van der Waals surface area contributed by atoms with Gasteiger partial charge in [0.15, 0.2) is 0 Å². The van der Waals surface area contributed by atoms with Crippen molar-refractivity contribution in [1.82, 2.24) is 19.3 Å². The summed E-state index contributed by atoms with van der Waals surface area (Å²) in [5.41, 5.74) is 0.421. The Labute approximate surface area is 155 Å². The lowest BCUT2D eigenvalue weighted by atomic mass is 10.1. The van der Waals surface area contributed by atoms with Crippen molar-refractivity contribution in [2.24, 2.45) is 7.05 Å². The Bertz CT molecular complexity index is 1070. The highest BCUT2D eigenvalue weighted by Gasteiger charge is 2.18. The average Bonchev–Trinajstić information content (AvgIpc) is 3.09. The second-order valence-electron chi connectivity index (χ2n) is 6.36. The van der Waals surface area contributed by atoms with E-state index in [9.17, 15) is 14.0 Å². The molecule has 2 heterocycles. The Hall–Kier alpha value is -3.16. The van der Waals surface area contributed by atoms with E-state index in [-0.39, 0.29) is 28.9 Å². The first-order chi connectivity index (χ1) is 12.8. The topological polar surface area (TPSA) is 77.6 Å². The smallest absolute Gasteiger partial charge is 0.294 e. The van der Waals surface area contributed by atoms with Gasteiger partial charge in [-0.05, 0) is 25.5 Å². The molecular formula is C19H21FN4O3. The van der Waals surface area contributed by atoms with Crippen LogP contribution in [-0.4, -0.2) is 33.0 Å². The highest BCUT2D eigenvalue weighted by molar-refractivity contribution is 5.93. The number of aromatic nitrogens is 3. The molecule has 0 aliphatic heterocycles. The number of hydrogen-bond donors (Lipinski definition) is 1. The third-order valence-corrected chi connectivity index (χ3v) is 4.53. The molecule has 0 saturated heterocycles. The first-order valence-electron chi connectivity index (χ1n) is 8.59. The molecule has 8 heteroatoms. The van der Waals surface area contributed by atoms with E-state index in [1.165, 1.54) is 35.4 Å². The van der Waals surface area contributed by atoms with Crippen LogP contribution in [0.5, 0.6) is 5.75 Å². The maximum Gasteiger partial charge on any atom is 0.294 e. The number of carbonyl (C=O) groups excluding carboxylic acids is 1. The Kier molecular flexibility index (Phi) is 4.98. The van der Waals surface area contributed by atoms with Crippen LogP contribution in [0.1, 0.15) is 30.8 Å². The summed E-state index contributed by atoms with van der Waals surface area (Å²) < 4.78 is 22.2. The van der Waals surface area contributed by atoms with Crippen molar-refractivity contribution in [2.75, 3.05) is 7.11 Å². The number of ether oxygens (including phenoxy) is 1. The number of carbonyl (C=O) groups is 1. The Morgan fingerprint density at radius 1 is 1.37 bits per heavy atom. The molecule has 27 heavy (non-hydrogen) atoms. The van der Waals surface area contributed by atoms with E-state index < -0.39 is 11.4 Å². The molecule has 3 aromatic rings. The molecule has 7 nitrogen and oxygen atoms in total. The lowest BCUT2D eigenvalue weighted by Gasteiger charge is -2.11. The van der Waals surface area contributed by atoms with E-state index in [2.05, 4.69) is 10.3 Å². The summed E-state index contributed by atoms with van der Waals surface area (Å²) in [5, 5.41) is 2.81. The van der Waals surface area contributed by atoms with Gasteiger partial charge in [-0.1, -0.05) is 6.92 Å². The number of nitrogens with zero attached hydrogens (tertiary/aromatic N) is 3. The van der Waals surface area contributed by atoms with Crippen LogP contribution in [0.15, 0.2) is 35.4 Å². The van der Waals surface area contributed by atoms with Gasteiger partial charge in [0.1, 0.15) is 17.3 Å². The molecule has 0 fully saturated rings. The second kappa shape index (κ2) is 7.22. The Balaban J connectivity index is 2.10. The van der Waals surface area contributed by atoms with Crippen molar-refractivity contribution in [3.8, 4) is 17.0 Å². The van der Waals surface area contributed by atoms with Crippen LogP contribution in [0.2, 0.25) is 0 Å². The summed E-state index contributed by atoms with van der Waals surface area (Å²) >= 11 is 0. The molecule has 1 atom stereocenters. The maximum atomic E-state index is 14.5. The molecule has 3 rings (SSSR count). The lowest BCUT2D eigenvalue weighted by molar-refractivity contribution is 0.0935. The molecule has 0 radical (unpaired) electrons. The van der Waals surface area contributed by atoms with E-state index in [0.717, 1.165) is 6.42 Å². The minimum Gasteiger partial charge on any atom is -0.497 e. The Morgan fingerprint density at radius 3 is 2.74 bits per heavy atom. The van der Waals surface area contributed by atoms with Crippen molar-refractivity contribution >= 4 is 11.6 Å². The van der Waals surface area contributed by atoms with E-state index >= 15 is 0 Å². The van der Waals surface area contributed by atoms with Gasteiger partial charge in [0, 0.05) is 37.1 Å². The average molecular weight is 372 g/mol. The molecule has 0 saturated carbocycles. The third kappa shape index (κ3) is 3.42. The summed E-state index contributed by atoms with van der Waals surface area (Å²) in [6.07, 6.45) is 3.83. The number of imidazole rings is 1. The van der Waals surface area contributed by atoms with Gasteiger partial charge in [-0.2, -0.15) is 0 Å². The normalized spacial score (nSPS) is 12.2. The minimum absolute atomic E-state index is 0.00546. The third-order valence-electron chi connectivity index (χ3n) is 4.53. The van der Waals surface area contributed by atoms with Gasteiger partial charge < -0.3 is 14.6 Å². The van der Waals surface area contributed by atoms with Crippen molar-refractivity contribution in [2.45, 2.75) is 26.3 Å². The first-order valence-corrected chi connectivity index (χ1v) is 8.59.